The van der Waals surface area contributed by atoms with E-state index in [1.54, 1.807) is 11.3 Å². The first kappa shape index (κ1) is 12.6. The molecule has 0 fully saturated rings. The highest BCUT2D eigenvalue weighted by Gasteiger charge is 2.15. The predicted octanol–water partition coefficient (Wildman–Crippen LogP) is 2.03. The van der Waals surface area contributed by atoms with Crippen LogP contribution < -0.4 is 5.32 Å². The largest absolute Gasteiger partial charge is 0.480 e. The highest BCUT2D eigenvalue weighted by atomic mass is 32.1. The van der Waals surface area contributed by atoms with E-state index in [9.17, 15) is 9.59 Å². The van der Waals surface area contributed by atoms with Gasteiger partial charge in [-0.15, -0.1) is 11.3 Å². The van der Waals surface area contributed by atoms with Crippen LogP contribution in [-0.2, 0) is 16.0 Å². The molecule has 0 spiro atoms. The van der Waals surface area contributed by atoms with Gasteiger partial charge in [0.2, 0.25) is 5.91 Å². The smallest absolute Gasteiger partial charge is 0.325 e. The summed E-state index contributed by atoms with van der Waals surface area (Å²) in [5, 5.41) is 14.2. The van der Waals surface area contributed by atoms with Crippen LogP contribution in [0.2, 0.25) is 0 Å². The van der Waals surface area contributed by atoms with Crippen LogP contribution in [0.1, 0.15) is 12.5 Å². The first-order valence-corrected chi connectivity index (χ1v) is 6.43. The number of carbonyl (C=O) groups is 2. The Kier molecular flexibility index (Phi) is 3.62. The minimum Gasteiger partial charge on any atom is -0.480 e. The molecule has 0 aliphatic rings. The van der Waals surface area contributed by atoms with E-state index in [1.165, 1.54) is 6.92 Å². The van der Waals surface area contributed by atoms with E-state index in [4.69, 9.17) is 5.11 Å². The lowest BCUT2D eigenvalue weighted by molar-refractivity contribution is -0.141. The van der Waals surface area contributed by atoms with Crippen LogP contribution in [0.5, 0.6) is 0 Å². The maximum Gasteiger partial charge on any atom is 0.325 e. The Morgan fingerprint density at radius 2 is 2.11 bits per heavy atom. The summed E-state index contributed by atoms with van der Waals surface area (Å²) in [6, 6.07) is 6.99. The van der Waals surface area contributed by atoms with Gasteiger partial charge in [-0.25, -0.2) is 0 Å². The second-order valence-corrected chi connectivity index (χ2v) is 4.97. The van der Waals surface area contributed by atoms with Crippen LogP contribution in [0.3, 0.4) is 0 Å². The number of aliphatic carboxylic acids is 1. The summed E-state index contributed by atoms with van der Waals surface area (Å²) in [7, 11) is 0. The van der Waals surface area contributed by atoms with Crippen molar-refractivity contribution in [3.63, 3.8) is 0 Å². The summed E-state index contributed by atoms with van der Waals surface area (Å²) in [6.07, 6.45) is 0.210. The van der Waals surface area contributed by atoms with Gasteiger partial charge in [0.05, 0.1) is 6.42 Å². The maximum absolute atomic E-state index is 11.7. The maximum atomic E-state index is 11.7. The summed E-state index contributed by atoms with van der Waals surface area (Å²) in [6.45, 7) is 1.45. The Morgan fingerprint density at radius 3 is 2.83 bits per heavy atom. The molecule has 94 valence electrons. The SMILES string of the molecule is C[C@H](NC(=O)Cc1csc2ccccc12)C(=O)O. The zero-order chi connectivity index (χ0) is 13.1. The highest BCUT2D eigenvalue weighted by molar-refractivity contribution is 7.17. The molecule has 2 rings (SSSR count). The number of fused-ring (bicyclic) bond motifs is 1. The van der Waals surface area contributed by atoms with E-state index < -0.39 is 12.0 Å². The fourth-order valence-electron chi connectivity index (χ4n) is 1.70. The third-order valence-electron chi connectivity index (χ3n) is 2.66. The molecule has 4 nitrogen and oxygen atoms in total. The van der Waals surface area contributed by atoms with E-state index >= 15 is 0 Å². The fraction of sp³-hybridized carbons (Fsp3) is 0.231. The number of nitrogens with one attached hydrogen (secondary N) is 1. The van der Waals surface area contributed by atoms with Crippen LogP contribution >= 0.6 is 11.3 Å². The van der Waals surface area contributed by atoms with Gasteiger partial charge in [-0.05, 0) is 29.3 Å². The molecule has 0 unspecified atom stereocenters. The van der Waals surface area contributed by atoms with Gasteiger partial charge in [0.1, 0.15) is 6.04 Å². The summed E-state index contributed by atoms with van der Waals surface area (Å²) in [5.41, 5.74) is 0.936. The van der Waals surface area contributed by atoms with Crippen LogP contribution in [0, 0.1) is 0 Å². The second-order valence-electron chi connectivity index (χ2n) is 4.06. The van der Waals surface area contributed by atoms with Crippen molar-refractivity contribution in [2.75, 3.05) is 0 Å². The molecule has 1 amide bonds. The Labute approximate surface area is 108 Å². The first-order chi connectivity index (χ1) is 8.58. The lowest BCUT2D eigenvalue weighted by atomic mass is 10.1. The van der Waals surface area contributed by atoms with Crippen LogP contribution in [0.4, 0.5) is 0 Å². The van der Waals surface area contributed by atoms with Gasteiger partial charge < -0.3 is 10.4 Å². The minimum absolute atomic E-state index is 0.210. The number of hydrogen-bond donors (Lipinski definition) is 2. The van der Waals surface area contributed by atoms with Gasteiger partial charge in [-0.1, -0.05) is 18.2 Å². The Hall–Kier alpha value is -1.88. The molecule has 5 heteroatoms. The quantitative estimate of drug-likeness (QED) is 0.887. The molecule has 0 radical (unpaired) electrons. The van der Waals surface area contributed by atoms with Crippen molar-refractivity contribution >= 4 is 33.3 Å². The van der Waals surface area contributed by atoms with Gasteiger partial charge in [0, 0.05) is 4.70 Å². The number of hydrogen-bond acceptors (Lipinski definition) is 3. The average molecular weight is 263 g/mol. The molecule has 2 N–H and O–H groups in total. The summed E-state index contributed by atoms with van der Waals surface area (Å²) in [5.74, 6) is -1.30. The molecule has 2 aromatic rings. The predicted molar refractivity (Wildman–Crippen MR) is 70.8 cm³/mol. The molecule has 0 bridgehead atoms. The van der Waals surface area contributed by atoms with E-state index in [2.05, 4.69) is 5.32 Å². The van der Waals surface area contributed by atoms with Crippen LogP contribution in [0.25, 0.3) is 10.1 Å². The highest BCUT2D eigenvalue weighted by Crippen LogP contribution is 2.25. The van der Waals surface area contributed by atoms with Crippen molar-refractivity contribution in [2.45, 2.75) is 19.4 Å². The third-order valence-corrected chi connectivity index (χ3v) is 3.67. The second kappa shape index (κ2) is 5.18. The van der Waals surface area contributed by atoms with Crippen molar-refractivity contribution in [3.8, 4) is 0 Å². The van der Waals surface area contributed by atoms with Gasteiger partial charge in [-0.3, -0.25) is 9.59 Å². The Bertz CT molecular complexity index is 591. The van der Waals surface area contributed by atoms with Crippen LogP contribution in [0.15, 0.2) is 29.6 Å². The number of carbonyl (C=O) groups excluding carboxylic acids is 1. The molecule has 1 heterocycles. The topological polar surface area (TPSA) is 66.4 Å². The molecule has 0 aliphatic carbocycles. The molecular formula is C13H13NO3S. The van der Waals surface area contributed by atoms with Gasteiger partial charge in [0.15, 0.2) is 0 Å². The standard InChI is InChI=1S/C13H13NO3S/c1-8(13(16)17)14-12(15)6-9-7-18-11-5-3-2-4-10(9)11/h2-5,7-8H,6H2,1H3,(H,14,15)(H,16,17)/t8-/m0/s1. The summed E-state index contributed by atoms with van der Waals surface area (Å²) >= 11 is 1.58. The fourth-order valence-corrected chi connectivity index (χ4v) is 2.66. The van der Waals surface area contributed by atoms with E-state index in [-0.39, 0.29) is 12.3 Å². The lowest BCUT2D eigenvalue weighted by Gasteiger charge is -2.08. The average Bonchev–Trinajstić information content (AvgIpc) is 2.72. The van der Waals surface area contributed by atoms with Gasteiger partial charge in [-0.2, -0.15) is 0 Å². The van der Waals surface area contributed by atoms with E-state index in [1.807, 2.05) is 29.6 Å². The number of amides is 1. The molecule has 1 atom stereocenters. The van der Waals surface area contributed by atoms with Crippen molar-refractivity contribution < 1.29 is 14.7 Å². The van der Waals surface area contributed by atoms with Crippen molar-refractivity contribution in [3.05, 3.63) is 35.2 Å². The van der Waals surface area contributed by atoms with Crippen molar-refractivity contribution in [1.29, 1.82) is 0 Å². The molecule has 18 heavy (non-hydrogen) atoms. The number of benzene rings is 1. The zero-order valence-electron chi connectivity index (χ0n) is 9.84. The molecule has 0 saturated carbocycles. The van der Waals surface area contributed by atoms with Gasteiger partial charge >= 0.3 is 5.97 Å². The van der Waals surface area contributed by atoms with Crippen LogP contribution in [-0.4, -0.2) is 23.0 Å². The zero-order valence-corrected chi connectivity index (χ0v) is 10.7. The van der Waals surface area contributed by atoms with E-state index in [0.29, 0.717) is 0 Å². The molecule has 0 saturated heterocycles. The monoisotopic (exact) mass is 263 g/mol. The van der Waals surface area contributed by atoms with Crippen molar-refractivity contribution in [2.24, 2.45) is 0 Å². The Morgan fingerprint density at radius 1 is 1.39 bits per heavy atom. The Balaban J connectivity index is 2.10. The third kappa shape index (κ3) is 2.68. The number of carboxylic acid groups (broad SMARTS) is 1. The minimum atomic E-state index is -1.03. The lowest BCUT2D eigenvalue weighted by Crippen LogP contribution is -2.39. The van der Waals surface area contributed by atoms with E-state index in [0.717, 1.165) is 15.6 Å². The summed E-state index contributed by atoms with van der Waals surface area (Å²) < 4.78 is 1.13. The molecule has 1 aromatic heterocycles. The molecular weight excluding hydrogens is 250 g/mol. The molecule has 0 aliphatic heterocycles. The number of carboxylic acids is 1. The normalized spacial score (nSPS) is 12.3. The molecule has 1 aromatic carbocycles. The van der Waals surface area contributed by atoms with Gasteiger partial charge in [0.25, 0.3) is 0 Å². The van der Waals surface area contributed by atoms with Crippen molar-refractivity contribution in [1.82, 2.24) is 5.32 Å². The number of thiophene rings is 1. The number of rotatable bonds is 4. The first-order valence-electron chi connectivity index (χ1n) is 5.55. The summed E-state index contributed by atoms with van der Waals surface area (Å²) in [4.78, 5) is 22.3.